The van der Waals surface area contributed by atoms with Crippen molar-refractivity contribution in [1.82, 2.24) is 9.88 Å². The molecule has 0 bridgehead atoms. The van der Waals surface area contributed by atoms with Gasteiger partial charge in [-0.15, -0.1) is 11.3 Å². The summed E-state index contributed by atoms with van der Waals surface area (Å²) in [6.45, 7) is 3.65. The number of halogens is 1. The summed E-state index contributed by atoms with van der Waals surface area (Å²) >= 11 is 1.46. The lowest BCUT2D eigenvalue weighted by Crippen LogP contribution is -2.34. The van der Waals surface area contributed by atoms with E-state index in [1.165, 1.54) is 23.5 Å². The van der Waals surface area contributed by atoms with Gasteiger partial charge in [-0.1, -0.05) is 0 Å². The zero-order valence-corrected chi connectivity index (χ0v) is 14.7. The summed E-state index contributed by atoms with van der Waals surface area (Å²) in [6, 6.07) is 5.98. The number of likely N-dealkylation sites (tertiary alicyclic amines) is 1. The summed E-state index contributed by atoms with van der Waals surface area (Å²) in [5.41, 5.74) is 0.981. The summed E-state index contributed by atoms with van der Waals surface area (Å²) in [5.74, 6) is -0.347. The van der Waals surface area contributed by atoms with E-state index < -0.39 is 0 Å². The van der Waals surface area contributed by atoms with Crippen LogP contribution in [0.3, 0.4) is 0 Å². The van der Waals surface area contributed by atoms with Gasteiger partial charge in [0, 0.05) is 42.5 Å². The molecule has 0 saturated carbocycles. The Morgan fingerprint density at radius 2 is 2.04 bits per heavy atom. The molecule has 25 heavy (non-hydrogen) atoms. The van der Waals surface area contributed by atoms with Crippen molar-refractivity contribution in [2.24, 2.45) is 5.41 Å². The second-order valence-corrected chi connectivity index (χ2v) is 7.92. The number of aryl methyl sites for hydroxylation is 1. The van der Waals surface area contributed by atoms with E-state index in [0.29, 0.717) is 37.4 Å². The number of rotatable bonds is 2. The smallest absolute Gasteiger partial charge is 0.273 e. The largest absolute Gasteiger partial charge is 0.337 e. The molecular formula is C18H18FN3O2S. The number of carbonyl (C=O) groups is 2. The molecule has 1 aromatic heterocycles. The lowest BCUT2D eigenvalue weighted by Gasteiger charge is -2.24. The second kappa shape index (κ2) is 5.91. The predicted molar refractivity (Wildman–Crippen MR) is 93.2 cm³/mol. The molecule has 2 fully saturated rings. The molecule has 1 atom stereocenters. The van der Waals surface area contributed by atoms with E-state index in [2.05, 4.69) is 4.98 Å². The molecule has 1 spiro atoms. The monoisotopic (exact) mass is 359 g/mol. The quantitative estimate of drug-likeness (QED) is 0.829. The highest BCUT2D eigenvalue weighted by Crippen LogP contribution is 2.42. The molecule has 130 valence electrons. The second-order valence-electron chi connectivity index (χ2n) is 6.86. The van der Waals surface area contributed by atoms with Crippen LogP contribution in [0.15, 0.2) is 29.6 Å². The van der Waals surface area contributed by atoms with E-state index in [0.717, 1.165) is 11.4 Å². The number of benzene rings is 1. The first-order chi connectivity index (χ1) is 12.0. The SMILES string of the molecule is Cc1nc(C(=O)N2CCC3(CC(=O)N(c4ccc(F)cc4)C3)C2)cs1. The molecule has 0 aliphatic carbocycles. The molecule has 7 heteroatoms. The molecule has 2 amide bonds. The van der Waals surface area contributed by atoms with E-state index >= 15 is 0 Å². The van der Waals surface area contributed by atoms with Gasteiger partial charge in [0.05, 0.1) is 5.01 Å². The lowest BCUT2D eigenvalue weighted by molar-refractivity contribution is -0.117. The van der Waals surface area contributed by atoms with Gasteiger partial charge in [-0.25, -0.2) is 9.37 Å². The van der Waals surface area contributed by atoms with Crippen LogP contribution in [0.2, 0.25) is 0 Å². The molecule has 2 aromatic rings. The minimum atomic E-state index is -0.318. The number of hydrogen-bond acceptors (Lipinski definition) is 4. The Balaban J connectivity index is 1.50. The number of nitrogens with zero attached hydrogens (tertiary/aromatic N) is 3. The topological polar surface area (TPSA) is 53.5 Å². The van der Waals surface area contributed by atoms with Crippen LogP contribution in [-0.4, -0.2) is 41.3 Å². The molecule has 2 saturated heterocycles. The number of amides is 2. The van der Waals surface area contributed by atoms with Crippen molar-refractivity contribution >= 4 is 28.8 Å². The van der Waals surface area contributed by atoms with E-state index in [4.69, 9.17) is 0 Å². The van der Waals surface area contributed by atoms with E-state index in [1.54, 1.807) is 27.3 Å². The van der Waals surface area contributed by atoms with Crippen molar-refractivity contribution in [3.05, 3.63) is 46.2 Å². The van der Waals surface area contributed by atoms with Crippen LogP contribution >= 0.6 is 11.3 Å². The normalized spacial score (nSPS) is 23.0. The fourth-order valence-electron chi connectivity index (χ4n) is 3.76. The van der Waals surface area contributed by atoms with Gasteiger partial charge < -0.3 is 9.80 Å². The van der Waals surface area contributed by atoms with Crippen molar-refractivity contribution < 1.29 is 14.0 Å². The maximum absolute atomic E-state index is 13.1. The molecule has 1 unspecified atom stereocenters. The third-order valence-electron chi connectivity index (χ3n) is 5.02. The zero-order valence-electron chi connectivity index (χ0n) is 13.9. The van der Waals surface area contributed by atoms with Crippen LogP contribution in [0.5, 0.6) is 0 Å². The van der Waals surface area contributed by atoms with Gasteiger partial charge in [-0.3, -0.25) is 9.59 Å². The molecule has 4 rings (SSSR count). The third-order valence-corrected chi connectivity index (χ3v) is 5.80. The number of anilines is 1. The molecule has 5 nitrogen and oxygen atoms in total. The summed E-state index contributed by atoms with van der Waals surface area (Å²) in [4.78, 5) is 32.9. The minimum Gasteiger partial charge on any atom is -0.337 e. The Morgan fingerprint density at radius 3 is 2.72 bits per heavy atom. The van der Waals surface area contributed by atoms with Crippen molar-refractivity contribution in [3.63, 3.8) is 0 Å². The molecule has 0 radical (unpaired) electrons. The van der Waals surface area contributed by atoms with E-state index in [1.807, 2.05) is 6.92 Å². The van der Waals surface area contributed by atoms with Crippen molar-refractivity contribution in [2.75, 3.05) is 24.5 Å². The molecule has 2 aliphatic rings. The fourth-order valence-corrected chi connectivity index (χ4v) is 4.34. The first-order valence-electron chi connectivity index (χ1n) is 8.23. The maximum Gasteiger partial charge on any atom is 0.273 e. The van der Waals surface area contributed by atoms with E-state index in [-0.39, 0.29) is 23.0 Å². The molecule has 2 aliphatic heterocycles. The third kappa shape index (κ3) is 2.93. The van der Waals surface area contributed by atoms with Crippen molar-refractivity contribution in [3.8, 4) is 0 Å². The van der Waals surface area contributed by atoms with Gasteiger partial charge in [-0.2, -0.15) is 0 Å². The van der Waals surface area contributed by atoms with Crippen molar-refractivity contribution in [2.45, 2.75) is 19.8 Å². The van der Waals surface area contributed by atoms with Gasteiger partial charge in [0.1, 0.15) is 11.5 Å². The molecule has 0 N–H and O–H groups in total. The Morgan fingerprint density at radius 1 is 1.28 bits per heavy atom. The first kappa shape index (κ1) is 16.2. The summed E-state index contributed by atoms with van der Waals surface area (Å²) in [5, 5.41) is 2.66. The predicted octanol–water partition coefficient (Wildman–Crippen LogP) is 2.86. The number of carbonyl (C=O) groups excluding carboxylic acids is 2. The maximum atomic E-state index is 13.1. The van der Waals surface area contributed by atoms with Crippen LogP contribution in [-0.2, 0) is 4.79 Å². The highest BCUT2D eigenvalue weighted by Gasteiger charge is 2.49. The highest BCUT2D eigenvalue weighted by molar-refractivity contribution is 7.09. The molecule has 3 heterocycles. The zero-order chi connectivity index (χ0) is 17.6. The van der Waals surface area contributed by atoms with Crippen LogP contribution in [0, 0.1) is 18.2 Å². The Kier molecular flexibility index (Phi) is 3.83. The van der Waals surface area contributed by atoms with Gasteiger partial charge in [0.2, 0.25) is 5.91 Å². The number of hydrogen-bond donors (Lipinski definition) is 0. The first-order valence-corrected chi connectivity index (χ1v) is 9.11. The standard InChI is InChI=1S/C18H18FN3O2S/c1-12-20-15(9-25-12)17(24)21-7-6-18(10-21)8-16(23)22(11-18)14-4-2-13(19)3-5-14/h2-5,9H,6-8,10-11H2,1H3. The van der Waals surface area contributed by atoms with Crippen molar-refractivity contribution in [1.29, 1.82) is 0 Å². The summed E-state index contributed by atoms with van der Waals surface area (Å²) in [6.07, 6.45) is 1.22. The van der Waals surface area contributed by atoms with Gasteiger partial charge in [-0.05, 0) is 37.6 Å². The van der Waals surface area contributed by atoms with Gasteiger partial charge >= 0.3 is 0 Å². The van der Waals surface area contributed by atoms with Crippen LogP contribution in [0.4, 0.5) is 10.1 Å². The highest BCUT2D eigenvalue weighted by atomic mass is 32.1. The van der Waals surface area contributed by atoms with E-state index in [9.17, 15) is 14.0 Å². The van der Waals surface area contributed by atoms with Gasteiger partial charge in [0.25, 0.3) is 5.91 Å². The summed E-state index contributed by atoms with van der Waals surface area (Å²) in [7, 11) is 0. The van der Waals surface area contributed by atoms with Crippen LogP contribution in [0.25, 0.3) is 0 Å². The lowest BCUT2D eigenvalue weighted by atomic mass is 9.86. The fraction of sp³-hybridized carbons (Fsp3) is 0.389. The van der Waals surface area contributed by atoms with Gasteiger partial charge in [0.15, 0.2) is 0 Å². The average Bonchev–Trinajstić information content (AvgIpc) is 3.28. The van der Waals surface area contributed by atoms with Crippen LogP contribution in [0.1, 0.15) is 28.3 Å². The summed E-state index contributed by atoms with van der Waals surface area (Å²) < 4.78 is 13.1. The Hall–Kier alpha value is -2.28. The minimum absolute atomic E-state index is 0.0328. The average molecular weight is 359 g/mol. The molecular weight excluding hydrogens is 341 g/mol. The Bertz CT molecular complexity index is 835. The number of thiazole rings is 1. The molecule has 1 aromatic carbocycles. The number of aromatic nitrogens is 1. The van der Waals surface area contributed by atoms with Crippen LogP contribution < -0.4 is 4.90 Å². The Labute approximate surface area is 149 Å².